The second kappa shape index (κ2) is 3.51. The normalized spacial score (nSPS) is 10.5. The highest BCUT2D eigenvalue weighted by atomic mass is 19.3. The third-order valence-electron chi connectivity index (χ3n) is 1.44. The summed E-state index contributed by atoms with van der Waals surface area (Å²) < 4.78 is 41.2. The summed E-state index contributed by atoms with van der Waals surface area (Å²) in [5, 5.41) is 0. The van der Waals surface area contributed by atoms with E-state index in [9.17, 15) is 18.0 Å². The molecule has 13 heavy (non-hydrogen) atoms. The van der Waals surface area contributed by atoms with Crippen molar-refractivity contribution < 1.29 is 17.9 Å². The van der Waals surface area contributed by atoms with Crippen molar-refractivity contribution in [2.75, 3.05) is 7.11 Å². The number of aromatic amines is 1. The lowest BCUT2D eigenvalue weighted by Crippen LogP contribution is -2.13. The molecule has 3 nitrogen and oxygen atoms in total. The van der Waals surface area contributed by atoms with E-state index in [1.54, 1.807) is 4.98 Å². The summed E-state index contributed by atoms with van der Waals surface area (Å²) >= 11 is 0. The number of aromatic nitrogens is 1. The molecule has 0 radical (unpaired) electrons. The molecule has 0 saturated carbocycles. The van der Waals surface area contributed by atoms with Gasteiger partial charge in [-0.3, -0.25) is 9.78 Å². The Labute approximate surface area is 71.2 Å². The number of alkyl halides is 2. The Kier molecular flexibility index (Phi) is 2.60. The van der Waals surface area contributed by atoms with Gasteiger partial charge in [-0.1, -0.05) is 0 Å². The lowest BCUT2D eigenvalue weighted by atomic mass is 10.3. The minimum Gasteiger partial charge on any atom is -0.491 e. The zero-order valence-corrected chi connectivity index (χ0v) is 6.61. The van der Waals surface area contributed by atoms with Crippen LogP contribution in [-0.2, 0) is 0 Å². The highest BCUT2D eigenvalue weighted by Gasteiger charge is 2.16. The highest BCUT2D eigenvalue weighted by Crippen LogP contribution is 2.22. The molecule has 0 spiro atoms. The summed E-state index contributed by atoms with van der Waals surface area (Å²) in [6, 6.07) is 0.679. The SMILES string of the molecule is COc1cc(C(F)F)c(F)[nH]c1=O. The van der Waals surface area contributed by atoms with Gasteiger partial charge in [0.15, 0.2) is 5.75 Å². The fraction of sp³-hybridized carbons (Fsp3) is 0.286. The fourth-order valence-electron chi connectivity index (χ4n) is 0.814. The van der Waals surface area contributed by atoms with Gasteiger partial charge in [-0.2, -0.15) is 4.39 Å². The van der Waals surface area contributed by atoms with Crippen LogP contribution in [-0.4, -0.2) is 12.1 Å². The lowest BCUT2D eigenvalue weighted by molar-refractivity contribution is 0.144. The van der Waals surface area contributed by atoms with Crippen molar-refractivity contribution in [3.8, 4) is 5.75 Å². The first-order chi connectivity index (χ1) is 6.06. The van der Waals surface area contributed by atoms with E-state index in [0.717, 1.165) is 7.11 Å². The van der Waals surface area contributed by atoms with Crippen molar-refractivity contribution >= 4 is 0 Å². The molecular weight excluding hydrogens is 187 g/mol. The van der Waals surface area contributed by atoms with Gasteiger partial charge >= 0.3 is 0 Å². The number of pyridine rings is 1. The molecular formula is C7H6F3NO2. The second-order valence-corrected chi connectivity index (χ2v) is 2.24. The molecule has 0 bridgehead atoms. The largest absolute Gasteiger partial charge is 0.491 e. The molecule has 0 aliphatic heterocycles. The van der Waals surface area contributed by atoms with Crippen LogP contribution in [0.1, 0.15) is 12.0 Å². The van der Waals surface area contributed by atoms with Gasteiger partial charge in [0.2, 0.25) is 5.95 Å². The first kappa shape index (κ1) is 9.63. The van der Waals surface area contributed by atoms with Crippen molar-refractivity contribution in [2.45, 2.75) is 6.43 Å². The number of rotatable bonds is 2. The van der Waals surface area contributed by atoms with Gasteiger partial charge in [-0.05, 0) is 6.07 Å². The van der Waals surface area contributed by atoms with Crippen molar-refractivity contribution in [1.82, 2.24) is 4.98 Å². The maximum absolute atomic E-state index is 12.6. The molecule has 0 aliphatic carbocycles. The van der Waals surface area contributed by atoms with E-state index in [4.69, 9.17) is 0 Å². The van der Waals surface area contributed by atoms with Gasteiger partial charge in [0.25, 0.3) is 12.0 Å². The third-order valence-corrected chi connectivity index (χ3v) is 1.44. The van der Waals surface area contributed by atoms with Crippen LogP contribution in [0.25, 0.3) is 0 Å². The predicted molar refractivity (Wildman–Crippen MR) is 38.5 cm³/mol. The molecule has 0 aromatic carbocycles. The van der Waals surface area contributed by atoms with Gasteiger partial charge in [0, 0.05) is 0 Å². The van der Waals surface area contributed by atoms with Crippen LogP contribution in [0.2, 0.25) is 0 Å². The second-order valence-electron chi connectivity index (χ2n) is 2.24. The maximum atomic E-state index is 12.6. The number of ether oxygens (including phenoxy) is 1. The van der Waals surface area contributed by atoms with E-state index in [2.05, 4.69) is 4.74 Å². The average Bonchev–Trinajstić information content (AvgIpc) is 2.03. The standard InChI is InChI=1S/C7H6F3NO2/c1-13-4-2-3(5(8)9)6(10)11-7(4)12/h2,5H,1H3,(H,11,12). The van der Waals surface area contributed by atoms with Crippen LogP contribution < -0.4 is 10.3 Å². The molecule has 0 saturated heterocycles. The average molecular weight is 193 g/mol. The lowest BCUT2D eigenvalue weighted by Gasteiger charge is -2.03. The number of methoxy groups -OCH3 is 1. The predicted octanol–water partition coefficient (Wildman–Crippen LogP) is 1.46. The summed E-state index contributed by atoms with van der Waals surface area (Å²) in [4.78, 5) is 12.4. The van der Waals surface area contributed by atoms with Crippen LogP contribution >= 0.6 is 0 Å². The molecule has 1 aromatic rings. The van der Waals surface area contributed by atoms with Crippen molar-refractivity contribution in [1.29, 1.82) is 0 Å². The summed E-state index contributed by atoms with van der Waals surface area (Å²) in [5.41, 5.74) is -1.75. The zero-order valence-electron chi connectivity index (χ0n) is 6.61. The highest BCUT2D eigenvalue weighted by molar-refractivity contribution is 5.25. The number of hydrogen-bond acceptors (Lipinski definition) is 2. The van der Waals surface area contributed by atoms with Crippen molar-refractivity contribution in [3.63, 3.8) is 0 Å². The van der Waals surface area contributed by atoms with Gasteiger partial charge in [0.05, 0.1) is 12.7 Å². The quantitative estimate of drug-likeness (QED) is 0.722. The molecule has 0 fully saturated rings. The molecule has 6 heteroatoms. The number of nitrogens with one attached hydrogen (secondary N) is 1. The van der Waals surface area contributed by atoms with Gasteiger partial charge in [-0.15, -0.1) is 0 Å². The van der Waals surface area contributed by atoms with E-state index in [1.165, 1.54) is 0 Å². The maximum Gasteiger partial charge on any atom is 0.292 e. The third kappa shape index (κ3) is 1.82. The monoisotopic (exact) mass is 193 g/mol. The Balaban J connectivity index is 3.31. The van der Waals surface area contributed by atoms with Gasteiger partial charge in [0.1, 0.15) is 0 Å². The van der Waals surface area contributed by atoms with E-state index in [0.29, 0.717) is 6.07 Å². The molecule has 1 heterocycles. The topological polar surface area (TPSA) is 42.1 Å². The molecule has 0 atom stereocenters. The molecule has 0 unspecified atom stereocenters. The summed E-state index contributed by atoms with van der Waals surface area (Å²) in [6.07, 6.45) is -2.98. The number of H-pyrrole nitrogens is 1. The first-order valence-electron chi connectivity index (χ1n) is 3.31. The van der Waals surface area contributed by atoms with E-state index in [-0.39, 0.29) is 5.75 Å². The summed E-state index contributed by atoms with van der Waals surface area (Å²) in [7, 11) is 1.14. The Morgan fingerprint density at radius 3 is 2.62 bits per heavy atom. The molecule has 1 N–H and O–H groups in total. The van der Waals surface area contributed by atoms with Crippen molar-refractivity contribution in [3.05, 3.63) is 27.9 Å². The first-order valence-corrected chi connectivity index (χ1v) is 3.31. The minimum atomic E-state index is -2.98. The molecule has 1 aromatic heterocycles. The smallest absolute Gasteiger partial charge is 0.292 e. The molecule has 72 valence electrons. The minimum absolute atomic E-state index is 0.336. The Hall–Kier alpha value is -1.46. The molecule has 0 amide bonds. The van der Waals surface area contributed by atoms with E-state index >= 15 is 0 Å². The van der Waals surface area contributed by atoms with Gasteiger partial charge in [-0.25, -0.2) is 8.78 Å². The molecule has 0 aliphatic rings. The Morgan fingerprint density at radius 1 is 1.54 bits per heavy atom. The van der Waals surface area contributed by atoms with E-state index in [1.807, 2.05) is 0 Å². The Morgan fingerprint density at radius 2 is 2.15 bits per heavy atom. The van der Waals surface area contributed by atoms with Crippen LogP contribution in [0.3, 0.4) is 0 Å². The van der Waals surface area contributed by atoms with Crippen LogP contribution in [0.15, 0.2) is 10.9 Å². The Bertz CT molecular complexity index is 361. The zero-order chi connectivity index (χ0) is 10.0. The van der Waals surface area contributed by atoms with Crippen molar-refractivity contribution in [2.24, 2.45) is 0 Å². The van der Waals surface area contributed by atoms with Gasteiger partial charge < -0.3 is 4.74 Å². The summed E-state index contributed by atoms with van der Waals surface area (Å²) in [5.74, 6) is -1.67. The number of hydrogen-bond donors (Lipinski definition) is 1. The fourth-order valence-corrected chi connectivity index (χ4v) is 0.814. The van der Waals surface area contributed by atoms with Crippen LogP contribution in [0.5, 0.6) is 5.75 Å². The molecule has 1 rings (SSSR count). The van der Waals surface area contributed by atoms with Crippen LogP contribution in [0.4, 0.5) is 13.2 Å². The summed E-state index contributed by atoms with van der Waals surface area (Å²) in [6.45, 7) is 0. The van der Waals surface area contributed by atoms with E-state index < -0.39 is 23.5 Å². The number of halogens is 3. The van der Waals surface area contributed by atoms with Crippen LogP contribution in [0, 0.1) is 5.95 Å².